The third-order valence-electron chi connectivity index (χ3n) is 4.78. The zero-order chi connectivity index (χ0) is 20.7. The molecule has 0 saturated carbocycles. The zero-order valence-electron chi connectivity index (χ0n) is 16.4. The fraction of sp³-hybridized carbons (Fsp3) is 0.476. The molecule has 1 fully saturated rings. The van der Waals surface area contributed by atoms with Crippen LogP contribution in [0.4, 0.5) is 13.2 Å². The Morgan fingerprint density at radius 2 is 1.79 bits per heavy atom. The van der Waals surface area contributed by atoms with Gasteiger partial charge in [-0.05, 0) is 54.3 Å². The van der Waals surface area contributed by atoms with Gasteiger partial charge in [-0.3, -0.25) is 10.2 Å². The van der Waals surface area contributed by atoms with Crippen LogP contribution in [-0.2, 0) is 4.79 Å². The summed E-state index contributed by atoms with van der Waals surface area (Å²) in [5.74, 6) is 0.662. The lowest BCUT2D eigenvalue weighted by molar-refractivity contribution is -0.191. The number of nitrogens with zero attached hydrogens (tertiary/aromatic N) is 1. The van der Waals surface area contributed by atoms with E-state index in [9.17, 15) is 18.0 Å². The fourth-order valence-electron chi connectivity index (χ4n) is 3.29. The summed E-state index contributed by atoms with van der Waals surface area (Å²) in [6.45, 7) is 7.91. The summed E-state index contributed by atoms with van der Waals surface area (Å²) in [5.41, 5.74) is 1.61. The van der Waals surface area contributed by atoms with Crippen molar-refractivity contribution >= 4 is 16.7 Å². The number of alkyl halides is 3. The summed E-state index contributed by atoms with van der Waals surface area (Å²) in [6.07, 6.45) is -4.53. The Kier molecular flexibility index (Phi) is 5.32. The summed E-state index contributed by atoms with van der Waals surface area (Å²) >= 11 is 0. The molecule has 1 aliphatic rings. The monoisotopic (exact) mass is 394 g/mol. The van der Waals surface area contributed by atoms with Gasteiger partial charge in [0.15, 0.2) is 0 Å². The molecule has 1 N–H and O–H groups in total. The highest BCUT2D eigenvalue weighted by Gasteiger charge is 2.51. The molecule has 0 bridgehead atoms. The molecule has 2 aromatic rings. The second-order valence-electron chi connectivity index (χ2n) is 8.37. The second-order valence-corrected chi connectivity index (χ2v) is 8.37. The maximum Gasteiger partial charge on any atom is 0.409 e. The fourth-order valence-corrected chi connectivity index (χ4v) is 3.29. The number of amides is 1. The third-order valence-corrected chi connectivity index (χ3v) is 4.78. The van der Waals surface area contributed by atoms with Crippen molar-refractivity contribution < 1.29 is 22.7 Å². The molecule has 0 radical (unpaired) electrons. The van der Waals surface area contributed by atoms with Gasteiger partial charge in [-0.1, -0.05) is 32.0 Å². The maximum absolute atomic E-state index is 13.9. The van der Waals surface area contributed by atoms with Crippen molar-refractivity contribution in [1.82, 2.24) is 10.4 Å². The van der Waals surface area contributed by atoms with Crippen molar-refractivity contribution in [2.75, 3.05) is 13.2 Å². The first-order valence-corrected chi connectivity index (χ1v) is 9.28. The van der Waals surface area contributed by atoms with Crippen LogP contribution in [0.5, 0.6) is 5.75 Å². The number of hydrogen-bond donors (Lipinski definition) is 1. The molecule has 1 atom stereocenters. The maximum atomic E-state index is 13.9. The number of benzene rings is 2. The third kappa shape index (κ3) is 4.24. The normalized spacial score (nSPS) is 18.5. The van der Waals surface area contributed by atoms with Gasteiger partial charge in [0.2, 0.25) is 5.91 Å². The molecule has 3 rings (SSSR count). The van der Waals surface area contributed by atoms with Gasteiger partial charge in [-0.25, -0.2) is 5.01 Å². The van der Waals surface area contributed by atoms with Crippen molar-refractivity contribution in [2.24, 2.45) is 11.3 Å². The van der Waals surface area contributed by atoms with E-state index in [-0.39, 0.29) is 12.1 Å². The van der Waals surface area contributed by atoms with Gasteiger partial charge in [0.25, 0.3) is 0 Å². The molecule has 28 heavy (non-hydrogen) atoms. The smallest absolute Gasteiger partial charge is 0.409 e. The minimum absolute atomic E-state index is 0.0178. The van der Waals surface area contributed by atoms with E-state index in [0.29, 0.717) is 23.7 Å². The molecule has 1 aliphatic heterocycles. The summed E-state index contributed by atoms with van der Waals surface area (Å²) < 4.78 is 47.3. The quantitative estimate of drug-likeness (QED) is 0.788. The SMILES string of the molecule is CC(C)COc1ccc2cc([C@H](N3CC(C)(C)C(=O)N3)C(F)(F)F)ccc2c1. The first kappa shape index (κ1) is 20.5. The zero-order valence-corrected chi connectivity index (χ0v) is 16.4. The lowest BCUT2D eigenvalue weighted by Crippen LogP contribution is -2.43. The van der Waals surface area contributed by atoms with Crippen molar-refractivity contribution in [3.8, 4) is 5.75 Å². The van der Waals surface area contributed by atoms with Crippen LogP contribution in [0.1, 0.15) is 39.3 Å². The van der Waals surface area contributed by atoms with Gasteiger partial charge in [0, 0.05) is 6.54 Å². The van der Waals surface area contributed by atoms with Gasteiger partial charge >= 0.3 is 6.18 Å². The van der Waals surface area contributed by atoms with Gasteiger partial charge in [-0.2, -0.15) is 13.2 Å². The van der Waals surface area contributed by atoms with Gasteiger partial charge in [0.05, 0.1) is 12.0 Å². The standard InChI is InChI=1S/C21H25F3N2O2/c1-13(2)11-28-17-8-7-14-9-16(6-5-15(14)10-17)18(21(22,23)24)26-12-20(3,4)19(27)25-26/h5-10,13,18H,11-12H2,1-4H3,(H,25,27)/t18-/m0/s1. The van der Waals surface area contributed by atoms with Crippen molar-refractivity contribution in [3.05, 3.63) is 42.0 Å². The molecule has 0 unspecified atom stereocenters. The molecule has 0 aromatic heterocycles. The molecule has 4 nitrogen and oxygen atoms in total. The van der Waals surface area contributed by atoms with Crippen molar-refractivity contribution in [2.45, 2.75) is 39.9 Å². The Bertz CT molecular complexity index is 878. The Morgan fingerprint density at radius 3 is 2.36 bits per heavy atom. The first-order chi connectivity index (χ1) is 13.0. The number of carbonyl (C=O) groups excluding carboxylic acids is 1. The molecule has 2 aromatic carbocycles. The van der Waals surface area contributed by atoms with Crippen LogP contribution in [0.2, 0.25) is 0 Å². The number of nitrogens with one attached hydrogen (secondary N) is 1. The molecule has 0 spiro atoms. The van der Waals surface area contributed by atoms with Gasteiger partial charge in [-0.15, -0.1) is 0 Å². The average molecular weight is 394 g/mol. The number of rotatable bonds is 5. The summed E-state index contributed by atoms with van der Waals surface area (Å²) in [4.78, 5) is 12.0. The van der Waals surface area contributed by atoms with E-state index in [1.807, 2.05) is 19.9 Å². The second kappa shape index (κ2) is 7.28. The van der Waals surface area contributed by atoms with Crippen LogP contribution in [-0.4, -0.2) is 30.2 Å². The van der Waals surface area contributed by atoms with E-state index in [0.717, 1.165) is 10.4 Å². The summed E-state index contributed by atoms with van der Waals surface area (Å²) in [6, 6.07) is 8.09. The average Bonchev–Trinajstić information content (AvgIpc) is 2.84. The highest BCUT2D eigenvalue weighted by atomic mass is 19.4. The highest BCUT2D eigenvalue weighted by molar-refractivity contribution is 5.85. The molecule has 1 heterocycles. The van der Waals surface area contributed by atoms with Gasteiger partial charge < -0.3 is 4.74 Å². The van der Waals surface area contributed by atoms with Crippen LogP contribution in [0.3, 0.4) is 0 Å². The molecule has 7 heteroatoms. The summed E-state index contributed by atoms with van der Waals surface area (Å²) in [7, 11) is 0. The van der Waals surface area contributed by atoms with Crippen LogP contribution >= 0.6 is 0 Å². The minimum atomic E-state index is -4.53. The van der Waals surface area contributed by atoms with E-state index in [1.54, 1.807) is 32.0 Å². The van der Waals surface area contributed by atoms with E-state index < -0.39 is 23.5 Å². The predicted molar refractivity (Wildman–Crippen MR) is 102 cm³/mol. The lowest BCUT2D eigenvalue weighted by Gasteiger charge is -2.30. The number of hydrazine groups is 1. The molecule has 152 valence electrons. The Labute approximate surface area is 162 Å². The van der Waals surface area contributed by atoms with Crippen molar-refractivity contribution in [3.63, 3.8) is 0 Å². The molecule has 1 amide bonds. The Balaban J connectivity index is 1.93. The Hall–Kier alpha value is -2.28. The molecule has 1 saturated heterocycles. The predicted octanol–water partition coefficient (Wildman–Crippen LogP) is 4.85. The first-order valence-electron chi connectivity index (χ1n) is 9.28. The number of carbonyl (C=O) groups is 1. The molecular weight excluding hydrogens is 369 g/mol. The number of fused-ring (bicyclic) bond motifs is 1. The topological polar surface area (TPSA) is 41.6 Å². The van der Waals surface area contributed by atoms with E-state index in [4.69, 9.17) is 4.74 Å². The van der Waals surface area contributed by atoms with E-state index >= 15 is 0 Å². The van der Waals surface area contributed by atoms with Gasteiger partial charge in [0.1, 0.15) is 11.8 Å². The Morgan fingerprint density at radius 1 is 1.14 bits per heavy atom. The van der Waals surface area contributed by atoms with Crippen LogP contribution < -0.4 is 10.2 Å². The minimum Gasteiger partial charge on any atom is -0.493 e. The van der Waals surface area contributed by atoms with Crippen LogP contribution in [0.25, 0.3) is 10.8 Å². The van der Waals surface area contributed by atoms with E-state index in [1.165, 1.54) is 12.1 Å². The number of halogens is 3. The van der Waals surface area contributed by atoms with Crippen molar-refractivity contribution in [1.29, 1.82) is 0 Å². The number of hydrogen-bond acceptors (Lipinski definition) is 3. The summed E-state index contributed by atoms with van der Waals surface area (Å²) in [5, 5.41) is 2.48. The highest BCUT2D eigenvalue weighted by Crippen LogP contribution is 2.41. The lowest BCUT2D eigenvalue weighted by atomic mass is 9.93. The number of ether oxygens (including phenoxy) is 1. The molecular formula is C21H25F3N2O2. The van der Waals surface area contributed by atoms with Crippen LogP contribution in [0, 0.1) is 11.3 Å². The van der Waals surface area contributed by atoms with E-state index in [2.05, 4.69) is 5.43 Å². The molecule has 0 aliphatic carbocycles. The largest absolute Gasteiger partial charge is 0.493 e. The van der Waals surface area contributed by atoms with Crippen LogP contribution in [0.15, 0.2) is 36.4 Å².